The molecule has 0 bridgehead atoms. The van der Waals surface area contributed by atoms with E-state index >= 15 is 0 Å². The first kappa shape index (κ1) is 29.7. The third-order valence-electron chi connectivity index (χ3n) is 7.05. The fourth-order valence-corrected chi connectivity index (χ4v) is 5.11. The number of fused-ring (bicyclic) bond motifs is 1. The van der Waals surface area contributed by atoms with Crippen LogP contribution in [0.3, 0.4) is 0 Å². The topological polar surface area (TPSA) is 94.6 Å². The number of anilines is 1. The molecular formula is C27H34ClF3N4O3. The fourth-order valence-electron chi connectivity index (χ4n) is 5.11. The molecule has 0 aliphatic carbocycles. The van der Waals surface area contributed by atoms with Crippen molar-refractivity contribution in [2.24, 2.45) is 5.92 Å². The highest BCUT2D eigenvalue weighted by Crippen LogP contribution is 2.31. The number of amides is 1. The van der Waals surface area contributed by atoms with Gasteiger partial charge in [0.25, 0.3) is 0 Å². The Labute approximate surface area is 226 Å². The summed E-state index contributed by atoms with van der Waals surface area (Å²) in [5, 5.41) is 15.4. The monoisotopic (exact) mass is 554 g/mol. The normalized spacial score (nSPS) is 18.4. The predicted molar refractivity (Wildman–Crippen MR) is 140 cm³/mol. The van der Waals surface area contributed by atoms with Crippen molar-refractivity contribution in [1.29, 1.82) is 0 Å². The molecular weight excluding hydrogens is 521 g/mol. The maximum Gasteiger partial charge on any atom is 0.416 e. The first-order chi connectivity index (χ1) is 17.7. The standard InChI is InChI=1S/C27H33F3N4O3.ClH/c28-27(29,30)21-8-1-5-19(15-21)23(16-24(35)36)33-26(37)20-7-3-13-34(17-20)14-4-9-22-11-10-18-6-2-12-31-25(18)32-22;/h1,5,8,10-11,15,20,23H,2-4,6-7,9,12-14,16-17H2,(H,31,32)(H,33,37)(H,35,36);1H/t20-,23?;/m1./s1. The Morgan fingerprint density at radius 1 is 1.21 bits per heavy atom. The Morgan fingerprint density at radius 3 is 2.79 bits per heavy atom. The summed E-state index contributed by atoms with van der Waals surface area (Å²) >= 11 is 0. The molecule has 2 aliphatic rings. The zero-order valence-electron chi connectivity index (χ0n) is 21.1. The Bertz CT molecular complexity index is 1120. The SMILES string of the molecule is Cl.O=C(O)CC(NC(=O)[C@@H]1CCCN(CCCc2ccc3c(n2)NCCC3)C1)c1cccc(C(F)(F)F)c1. The van der Waals surface area contributed by atoms with Crippen molar-refractivity contribution in [3.8, 4) is 0 Å². The number of likely N-dealkylation sites (tertiary alicyclic amines) is 1. The number of carbonyl (C=O) groups excluding carboxylic acids is 1. The van der Waals surface area contributed by atoms with Crippen LogP contribution in [0.2, 0.25) is 0 Å². The van der Waals surface area contributed by atoms with Gasteiger partial charge in [-0.3, -0.25) is 9.59 Å². The molecule has 2 aliphatic heterocycles. The van der Waals surface area contributed by atoms with Gasteiger partial charge in [0.2, 0.25) is 5.91 Å². The highest BCUT2D eigenvalue weighted by molar-refractivity contribution is 5.85. The molecule has 11 heteroatoms. The highest BCUT2D eigenvalue weighted by Gasteiger charge is 2.32. The van der Waals surface area contributed by atoms with Gasteiger partial charge in [0, 0.05) is 18.8 Å². The van der Waals surface area contributed by atoms with E-state index in [2.05, 4.69) is 27.7 Å². The fraction of sp³-hybridized carbons (Fsp3) is 0.519. The van der Waals surface area contributed by atoms with Crippen LogP contribution in [0.15, 0.2) is 36.4 Å². The summed E-state index contributed by atoms with van der Waals surface area (Å²) in [6, 6.07) is 7.67. The van der Waals surface area contributed by atoms with Gasteiger partial charge in [0.15, 0.2) is 0 Å². The van der Waals surface area contributed by atoms with Crippen LogP contribution >= 0.6 is 12.4 Å². The molecule has 1 aromatic heterocycles. The van der Waals surface area contributed by atoms with Crippen LogP contribution in [-0.4, -0.2) is 53.0 Å². The summed E-state index contributed by atoms with van der Waals surface area (Å²) in [5.41, 5.74) is 1.55. The number of alkyl halides is 3. The van der Waals surface area contributed by atoms with E-state index in [0.29, 0.717) is 13.0 Å². The van der Waals surface area contributed by atoms with Crippen molar-refractivity contribution in [2.75, 3.05) is 31.5 Å². The molecule has 1 amide bonds. The molecule has 1 fully saturated rings. The predicted octanol–water partition coefficient (Wildman–Crippen LogP) is 4.86. The zero-order chi connectivity index (χ0) is 26.4. The lowest BCUT2D eigenvalue weighted by Crippen LogP contribution is -2.44. The molecule has 0 radical (unpaired) electrons. The number of carboxylic acids is 1. The van der Waals surface area contributed by atoms with E-state index in [9.17, 15) is 27.9 Å². The number of halogens is 4. The lowest BCUT2D eigenvalue weighted by atomic mass is 9.95. The van der Waals surface area contributed by atoms with Gasteiger partial charge in [-0.15, -0.1) is 12.4 Å². The number of nitrogens with one attached hydrogen (secondary N) is 2. The summed E-state index contributed by atoms with van der Waals surface area (Å²) in [4.78, 5) is 31.4. The summed E-state index contributed by atoms with van der Waals surface area (Å²) in [6.45, 7) is 3.16. The number of carboxylic acid groups (broad SMARTS) is 1. The maximum absolute atomic E-state index is 13.2. The van der Waals surface area contributed by atoms with Gasteiger partial charge in [0.05, 0.1) is 23.9 Å². The number of pyridine rings is 1. The molecule has 0 spiro atoms. The van der Waals surface area contributed by atoms with Crippen LogP contribution < -0.4 is 10.6 Å². The second kappa shape index (κ2) is 13.3. The Hall–Kier alpha value is -2.85. The van der Waals surface area contributed by atoms with Crippen molar-refractivity contribution in [1.82, 2.24) is 15.2 Å². The van der Waals surface area contributed by atoms with Gasteiger partial charge in [-0.2, -0.15) is 13.2 Å². The minimum absolute atomic E-state index is 0. The molecule has 7 nitrogen and oxygen atoms in total. The van der Waals surface area contributed by atoms with Crippen LogP contribution in [-0.2, 0) is 28.6 Å². The zero-order valence-corrected chi connectivity index (χ0v) is 21.9. The molecule has 38 heavy (non-hydrogen) atoms. The van der Waals surface area contributed by atoms with Gasteiger partial charge >= 0.3 is 12.1 Å². The molecule has 4 rings (SSSR count). The van der Waals surface area contributed by atoms with Gasteiger partial charge < -0.3 is 20.6 Å². The molecule has 1 aromatic carbocycles. The molecule has 2 atom stereocenters. The van der Waals surface area contributed by atoms with Crippen LogP contribution in [0.25, 0.3) is 0 Å². The van der Waals surface area contributed by atoms with E-state index in [-0.39, 0.29) is 29.8 Å². The summed E-state index contributed by atoms with van der Waals surface area (Å²) in [7, 11) is 0. The van der Waals surface area contributed by atoms with E-state index in [1.807, 2.05) is 0 Å². The number of benzene rings is 1. The number of aliphatic carboxylic acids is 1. The Kier molecular flexibility index (Phi) is 10.4. The lowest BCUT2D eigenvalue weighted by Gasteiger charge is -2.33. The van der Waals surface area contributed by atoms with Crippen LogP contribution in [0.5, 0.6) is 0 Å². The summed E-state index contributed by atoms with van der Waals surface area (Å²) in [6.07, 6.45) is 0.331. The molecule has 208 valence electrons. The highest BCUT2D eigenvalue weighted by atomic mass is 35.5. The molecule has 3 heterocycles. The second-order valence-corrected chi connectivity index (χ2v) is 9.87. The van der Waals surface area contributed by atoms with Crippen molar-refractivity contribution >= 4 is 30.1 Å². The summed E-state index contributed by atoms with van der Waals surface area (Å²) in [5.74, 6) is -0.883. The molecule has 3 N–H and O–H groups in total. The number of carbonyl (C=O) groups is 2. The van der Waals surface area contributed by atoms with E-state index in [1.165, 1.54) is 17.7 Å². The van der Waals surface area contributed by atoms with Gasteiger partial charge in [-0.1, -0.05) is 18.2 Å². The average Bonchev–Trinajstić information content (AvgIpc) is 2.88. The molecule has 1 saturated heterocycles. The van der Waals surface area contributed by atoms with E-state index < -0.39 is 30.2 Å². The molecule has 2 aromatic rings. The number of nitrogens with zero attached hydrogens (tertiary/aromatic N) is 2. The summed E-state index contributed by atoms with van der Waals surface area (Å²) < 4.78 is 39.5. The Morgan fingerprint density at radius 2 is 2.03 bits per heavy atom. The van der Waals surface area contributed by atoms with Crippen molar-refractivity contribution in [3.05, 3.63) is 58.8 Å². The number of hydrogen-bond donors (Lipinski definition) is 3. The number of hydrogen-bond acceptors (Lipinski definition) is 5. The van der Waals surface area contributed by atoms with Gasteiger partial charge in [-0.05, 0) is 80.9 Å². The smallest absolute Gasteiger partial charge is 0.416 e. The third-order valence-corrected chi connectivity index (χ3v) is 7.05. The van der Waals surface area contributed by atoms with Crippen molar-refractivity contribution in [3.63, 3.8) is 0 Å². The first-order valence-corrected chi connectivity index (χ1v) is 12.8. The van der Waals surface area contributed by atoms with E-state index in [4.69, 9.17) is 4.98 Å². The number of aryl methyl sites for hydroxylation is 2. The number of rotatable bonds is 9. The van der Waals surface area contributed by atoms with Gasteiger partial charge in [-0.25, -0.2) is 4.98 Å². The number of piperidine rings is 1. The maximum atomic E-state index is 13.2. The second-order valence-electron chi connectivity index (χ2n) is 9.87. The quantitative estimate of drug-likeness (QED) is 0.410. The molecule has 1 unspecified atom stereocenters. The minimum Gasteiger partial charge on any atom is -0.481 e. The third kappa shape index (κ3) is 8.07. The van der Waals surface area contributed by atoms with Crippen LogP contribution in [0.4, 0.5) is 19.0 Å². The number of aromatic nitrogens is 1. The van der Waals surface area contributed by atoms with Crippen LogP contribution in [0, 0.1) is 5.92 Å². The van der Waals surface area contributed by atoms with Crippen molar-refractivity contribution in [2.45, 2.75) is 57.2 Å². The molecule has 0 saturated carbocycles. The van der Waals surface area contributed by atoms with Crippen LogP contribution in [0.1, 0.15) is 60.5 Å². The average molecular weight is 555 g/mol. The van der Waals surface area contributed by atoms with Crippen molar-refractivity contribution < 1.29 is 27.9 Å². The lowest BCUT2D eigenvalue weighted by molar-refractivity contribution is -0.138. The van der Waals surface area contributed by atoms with Gasteiger partial charge in [0.1, 0.15) is 5.82 Å². The Balaban J connectivity index is 0.00000400. The van der Waals surface area contributed by atoms with E-state index in [0.717, 1.165) is 75.4 Å². The van der Waals surface area contributed by atoms with E-state index in [1.54, 1.807) is 0 Å². The largest absolute Gasteiger partial charge is 0.481 e. The first-order valence-electron chi connectivity index (χ1n) is 12.8. The minimum atomic E-state index is -4.55.